The van der Waals surface area contributed by atoms with Crippen LogP contribution >= 0.6 is 22.9 Å². The van der Waals surface area contributed by atoms with Crippen LogP contribution in [0, 0.1) is 17.0 Å². The van der Waals surface area contributed by atoms with Crippen molar-refractivity contribution in [2.45, 2.75) is 40.3 Å². The van der Waals surface area contributed by atoms with Gasteiger partial charge in [0.15, 0.2) is 16.3 Å². The van der Waals surface area contributed by atoms with Gasteiger partial charge in [-0.15, -0.1) is 0 Å². The van der Waals surface area contributed by atoms with Gasteiger partial charge < -0.3 is 14.2 Å². The van der Waals surface area contributed by atoms with Crippen molar-refractivity contribution >= 4 is 40.7 Å². The molecular weight excluding hydrogens is 618 g/mol. The number of esters is 1. The van der Waals surface area contributed by atoms with Gasteiger partial charge in [0.05, 0.1) is 40.0 Å². The number of benzene rings is 3. The first-order chi connectivity index (χ1) is 21.6. The third kappa shape index (κ3) is 6.54. The standard InChI is InChI=1S/C33H30ClN3O7S/c1-5-42-27-15-21(12-14-26(27)44-18-23-9-7-8-10-24(23)34)16-28-31(38)36-30(22-13-11-19(3)25(17-22)37(40)41)29(32(39)43-6-2)20(4)35-33(36)45-28/h7-17,30H,5-6,18H2,1-4H3/b28-16+/t30-/m0/s1. The number of nitro benzene ring substituents is 1. The van der Waals surface area contributed by atoms with E-state index in [0.717, 1.165) is 16.9 Å². The highest BCUT2D eigenvalue weighted by Gasteiger charge is 2.34. The molecule has 0 spiro atoms. The lowest BCUT2D eigenvalue weighted by Gasteiger charge is -2.24. The van der Waals surface area contributed by atoms with Crippen LogP contribution in [0.1, 0.15) is 49.1 Å². The van der Waals surface area contributed by atoms with Crippen molar-refractivity contribution in [1.29, 1.82) is 0 Å². The average molecular weight is 648 g/mol. The second kappa shape index (κ2) is 13.5. The number of halogens is 1. The number of rotatable bonds is 10. The Kier molecular flexibility index (Phi) is 9.50. The molecule has 1 atom stereocenters. The number of hydrogen-bond donors (Lipinski definition) is 0. The Balaban J connectivity index is 1.59. The summed E-state index contributed by atoms with van der Waals surface area (Å²) in [5, 5.41) is 12.4. The highest BCUT2D eigenvalue weighted by Crippen LogP contribution is 2.34. The van der Waals surface area contributed by atoms with Gasteiger partial charge >= 0.3 is 5.97 Å². The zero-order chi connectivity index (χ0) is 32.2. The fourth-order valence-electron chi connectivity index (χ4n) is 5.02. The number of thiazole rings is 1. The van der Waals surface area contributed by atoms with E-state index >= 15 is 0 Å². The molecular formula is C33H30ClN3O7S. The molecule has 4 aromatic rings. The van der Waals surface area contributed by atoms with E-state index in [1.54, 1.807) is 63.2 Å². The summed E-state index contributed by atoms with van der Waals surface area (Å²) in [6, 6.07) is 16.5. The van der Waals surface area contributed by atoms with E-state index in [0.29, 0.717) is 54.8 Å². The molecule has 1 aliphatic heterocycles. The molecule has 232 valence electrons. The van der Waals surface area contributed by atoms with Crippen LogP contribution in [0.2, 0.25) is 5.02 Å². The van der Waals surface area contributed by atoms with Crippen LogP contribution in [-0.4, -0.2) is 28.7 Å². The van der Waals surface area contributed by atoms with Gasteiger partial charge in [-0.25, -0.2) is 9.79 Å². The number of nitrogens with zero attached hydrogens (tertiary/aromatic N) is 3. The second-order valence-corrected chi connectivity index (χ2v) is 11.5. The Bertz CT molecular complexity index is 2010. The maximum Gasteiger partial charge on any atom is 0.338 e. The monoisotopic (exact) mass is 647 g/mol. The lowest BCUT2D eigenvalue weighted by Crippen LogP contribution is -2.40. The summed E-state index contributed by atoms with van der Waals surface area (Å²) >= 11 is 7.43. The van der Waals surface area contributed by atoms with Gasteiger partial charge in [0.25, 0.3) is 11.2 Å². The molecule has 5 rings (SSSR count). The topological polar surface area (TPSA) is 122 Å². The number of allylic oxidation sites excluding steroid dienone is 1. The summed E-state index contributed by atoms with van der Waals surface area (Å²) in [7, 11) is 0. The number of ether oxygens (including phenoxy) is 3. The van der Waals surface area contributed by atoms with Crippen molar-refractivity contribution in [3.63, 3.8) is 0 Å². The molecule has 0 saturated heterocycles. The van der Waals surface area contributed by atoms with Gasteiger partial charge in [-0.2, -0.15) is 0 Å². The lowest BCUT2D eigenvalue weighted by molar-refractivity contribution is -0.385. The van der Waals surface area contributed by atoms with Crippen molar-refractivity contribution in [1.82, 2.24) is 4.57 Å². The first-order valence-corrected chi connectivity index (χ1v) is 15.4. The second-order valence-electron chi connectivity index (χ2n) is 10.1. The molecule has 0 saturated carbocycles. The van der Waals surface area contributed by atoms with Gasteiger partial charge in [-0.05, 0) is 63.1 Å². The van der Waals surface area contributed by atoms with Gasteiger partial charge in [-0.3, -0.25) is 19.5 Å². The summed E-state index contributed by atoms with van der Waals surface area (Å²) in [4.78, 5) is 43.4. The molecule has 0 unspecified atom stereocenters. The quantitative estimate of drug-likeness (QED) is 0.124. The molecule has 1 aromatic heterocycles. The minimum Gasteiger partial charge on any atom is -0.490 e. The maximum absolute atomic E-state index is 14.0. The smallest absolute Gasteiger partial charge is 0.338 e. The van der Waals surface area contributed by atoms with E-state index in [2.05, 4.69) is 4.99 Å². The molecule has 45 heavy (non-hydrogen) atoms. The summed E-state index contributed by atoms with van der Waals surface area (Å²) in [5.41, 5.74) is 2.36. The third-order valence-corrected chi connectivity index (χ3v) is 8.52. The van der Waals surface area contributed by atoms with Crippen molar-refractivity contribution < 1.29 is 23.9 Å². The van der Waals surface area contributed by atoms with Gasteiger partial charge in [0.2, 0.25) is 0 Å². The molecule has 0 bridgehead atoms. The van der Waals surface area contributed by atoms with E-state index in [1.165, 1.54) is 10.6 Å². The van der Waals surface area contributed by atoms with Crippen LogP contribution in [0.3, 0.4) is 0 Å². The molecule has 0 amide bonds. The minimum atomic E-state index is -0.971. The van der Waals surface area contributed by atoms with Crippen molar-refractivity contribution in [2.24, 2.45) is 4.99 Å². The summed E-state index contributed by atoms with van der Waals surface area (Å²) in [6.45, 7) is 7.59. The zero-order valence-corrected chi connectivity index (χ0v) is 26.6. The van der Waals surface area contributed by atoms with E-state index < -0.39 is 22.5 Å². The highest BCUT2D eigenvalue weighted by molar-refractivity contribution is 7.07. The summed E-state index contributed by atoms with van der Waals surface area (Å²) in [5.74, 6) is 0.373. The summed E-state index contributed by atoms with van der Waals surface area (Å²) in [6.07, 6.45) is 1.71. The van der Waals surface area contributed by atoms with Crippen LogP contribution in [0.5, 0.6) is 11.5 Å². The Morgan fingerprint density at radius 3 is 2.56 bits per heavy atom. The lowest BCUT2D eigenvalue weighted by atomic mass is 9.94. The Morgan fingerprint density at radius 1 is 1.07 bits per heavy atom. The SMILES string of the molecule is CCOC(=O)C1=C(C)N=c2s/c(=C/c3ccc(OCc4ccccc4Cl)c(OCC)c3)c(=O)n2[C@H]1c1ccc(C)c([N+](=O)[O-])c1. The fourth-order valence-corrected chi connectivity index (χ4v) is 6.26. The van der Waals surface area contributed by atoms with E-state index in [9.17, 15) is 19.7 Å². The molecule has 10 nitrogen and oxygen atoms in total. The average Bonchev–Trinajstić information content (AvgIpc) is 3.31. The van der Waals surface area contributed by atoms with E-state index in [4.69, 9.17) is 25.8 Å². The molecule has 0 fully saturated rings. The Hall–Kier alpha value is -4.74. The zero-order valence-electron chi connectivity index (χ0n) is 25.0. The molecule has 0 radical (unpaired) electrons. The number of aromatic nitrogens is 1. The van der Waals surface area contributed by atoms with Crippen LogP contribution < -0.4 is 24.4 Å². The number of fused-ring (bicyclic) bond motifs is 1. The number of carbonyl (C=O) groups excluding carboxylic acids is 1. The predicted molar refractivity (Wildman–Crippen MR) is 172 cm³/mol. The van der Waals surface area contributed by atoms with E-state index in [-0.39, 0.29) is 24.5 Å². The molecule has 12 heteroatoms. The molecule has 0 aliphatic carbocycles. The largest absolute Gasteiger partial charge is 0.490 e. The van der Waals surface area contributed by atoms with Crippen molar-refractivity contribution in [3.8, 4) is 11.5 Å². The van der Waals surface area contributed by atoms with Gasteiger partial charge in [0.1, 0.15) is 6.61 Å². The van der Waals surface area contributed by atoms with Crippen LogP contribution in [0.25, 0.3) is 6.08 Å². The molecule has 2 heterocycles. The fraction of sp³-hybridized carbons (Fsp3) is 0.242. The number of aryl methyl sites for hydroxylation is 1. The maximum atomic E-state index is 14.0. The first kappa shape index (κ1) is 31.7. The number of nitro groups is 1. The molecule has 1 aliphatic rings. The van der Waals surface area contributed by atoms with Crippen LogP contribution in [0.15, 0.2) is 81.7 Å². The Morgan fingerprint density at radius 2 is 1.84 bits per heavy atom. The number of hydrogen-bond acceptors (Lipinski definition) is 9. The van der Waals surface area contributed by atoms with Gasteiger partial charge in [0, 0.05) is 22.2 Å². The predicted octanol–water partition coefficient (Wildman–Crippen LogP) is 5.65. The third-order valence-electron chi connectivity index (χ3n) is 7.17. The first-order valence-electron chi connectivity index (χ1n) is 14.2. The van der Waals surface area contributed by atoms with Crippen LogP contribution in [0.4, 0.5) is 5.69 Å². The molecule has 3 aromatic carbocycles. The van der Waals surface area contributed by atoms with Gasteiger partial charge in [-0.1, -0.05) is 59.3 Å². The highest BCUT2D eigenvalue weighted by atomic mass is 35.5. The molecule has 0 N–H and O–H groups in total. The Labute approximate surface area is 267 Å². The minimum absolute atomic E-state index is 0.112. The van der Waals surface area contributed by atoms with Crippen molar-refractivity contribution in [3.05, 3.63) is 129 Å². The van der Waals surface area contributed by atoms with Crippen molar-refractivity contribution in [2.75, 3.05) is 13.2 Å². The number of carbonyl (C=O) groups is 1. The normalized spacial score (nSPS) is 14.5. The van der Waals surface area contributed by atoms with E-state index in [1.807, 2.05) is 25.1 Å². The van der Waals surface area contributed by atoms with Crippen LogP contribution in [-0.2, 0) is 16.1 Å². The summed E-state index contributed by atoms with van der Waals surface area (Å²) < 4.78 is 18.9.